The van der Waals surface area contributed by atoms with E-state index in [4.69, 9.17) is 5.73 Å². The zero-order chi connectivity index (χ0) is 12.3. The maximum absolute atomic E-state index is 11.4. The molecule has 1 unspecified atom stereocenters. The van der Waals surface area contributed by atoms with Gasteiger partial charge in [0.2, 0.25) is 5.91 Å². The average molecular weight is 232 g/mol. The van der Waals surface area contributed by atoms with E-state index in [9.17, 15) is 4.79 Å². The molecule has 0 bridgehead atoms. The molecule has 1 aromatic carbocycles. The van der Waals surface area contributed by atoms with Crippen molar-refractivity contribution in [1.29, 1.82) is 0 Å². The molecular weight excluding hydrogens is 212 g/mol. The summed E-state index contributed by atoms with van der Waals surface area (Å²) in [5.74, 6) is -0.0947. The fourth-order valence-electron chi connectivity index (χ4n) is 2.45. The van der Waals surface area contributed by atoms with Crippen molar-refractivity contribution < 1.29 is 4.79 Å². The quantitative estimate of drug-likeness (QED) is 0.822. The Kier molecular flexibility index (Phi) is 3.79. The first-order valence-corrected chi connectivity index (χ1v) is 6.28. The molecule has 1 aliphatic rings. The van der Waals surface area contributed by atoms with Crippen molar-refractivity contribution in [3.63, 3.8) is 0 Å². The third-order valence-corrected chi connectivity index (χ3v) is 3.45. The molecule has 1 atom stereocenters. The molecule has 0 saturated carbocycles. The van der Waals surface area contributed by atoms with Crippen molar-refractivity contribution >= 4 is 5.91 Å². The zero-order valence-corrected chi connectivity index (χ0v) is 10.3. The first-order valence-electron chi connectivity index (χ1n) is 6.28. The third-order valence-electron chi connectivity index (χ3n) is 3.45. The highest BCUT2D eigenvalue weighted by Crippen LogP contribution is 2.22. The summed E-state index contributed by atoms with van der Waals surface area (Å²) in [6.45, 7) is 0. The number of aryl methyl sites for hydroxylation is 2. The van der Waals surface area contributed by atoms with E-state index in [1.165, 1.54) is 42.4 Å². The number of rotatable bonds is 3. The Morgan fingerprint density at radius 3 is 2.76 bits per heavy atom. The number of fused-ring (bicyclic) bond motifs is 1. The van der Waals surface area contributed by atoms with Crippen LogP contribution in [0.15, 0.2) is 18.2 Å². The lowest BCUT2D eigenvalue weighted by Gasteiger charge is -2.17. The van der Waals surface area contributed by atoms with Gasteiger partial charge in [-0.1, -0.05) is 18.2 Å². The van der Waals surface area contributed by atoms with Crippen molar-refractivity contribution in [2.45, 2.75) is 38.1 Å². The van der Waals surface area contributed by atoms with Crippen molar-refractivity contribution in [1.82, 2.24) is 5.32 Å². The van der Waals surface area contributed by atoms with Gasteiger partial charge in [0, 0.05) is 7.05 Å². The minimum Gasteiger partial charge on any atom is -0.358 e. The maximum atomic E-state index is 11.4. The van der Waals surface area contributed by atoms with Gasteiger partial charge in [-0.3, -0.25) is 4.79 Å². The van der Waals surface area contributed by atoms with Gasteiger partial charge in [0.1, 0.15) is 0 Å². The number of amides is 1. The molecule has 0 radical (unpaired) electrons. The molecule has 0 saturated heterocycles. The largest absolute Gasteiger partial charge is 0.358 e. The summed E-state index contributed by atoms with van der Waals surface area (Å²) in [6.07, 6.45) is 5.55. The lowest BCUT2D eigenvalue weighted by atomic mass is 9.89. The highest BCUT2D eigenvalue weighted by molar-refractivity contribution is 5.81. The van der Waals surface area contributed by atoms with Crippen LogP contribution >= 0.6 is 0 Å². The molecule has 0 aromatic heterocycles. The molecule has 3 nitrogen and oxygen atoms in total. The second kappa shape index (κ2) is 5.32. The summed E-state index contributed by atoms with van der Waals surface area (Å²) >= 11 is 0. The summed E-state index contributed by atoms with van der Waals surface area (Å²) in [5, 5.41) is 2.58. The van der Waals surface area contributed by atoms with E-state index in [0.717, 1.165) is 0 Å². The summed E-state index contributed by atoms with van der Waals surface area (Å²) in [4.78, 5) is 11.4. The number of nitrogens with two attached hydrogens (primary N) is 1. The predicted octanol–water partition coefficient (Wildman–Crippen LogP) is 1.18. The second-order valence-corrected chi connectivity index (χ2v) is 4.74. The monoisotopic (exact) mass is 232 g/mol. The van der Waals surface area contributed by atoms with Crippen LogP contribution in [0.25, 0.3) is 0 Å². The molecule has 3 N–H and O–H groups in total. The van der Waals surface area contributed by atoms with E-state index in [1.54, 1.807) is 7.05 Å². The second-order valence-electron chi connectivity index (χ2n) is 4.74. The van der Waals surface area contributed by atoms with Crippen LogP contribution in [0.4, 0.5) is 0 Å². The van der Waals surface area contributed by atoms with Gasteiger partial charge in [0.25, 0.3) is 0 Å². The van der Waals surface area contributed by atoms with Crippen molar-refractivity contribution in [3.05, 3.63) is 34.9 Å². The Morgan fingerprint density at radius 2 is 2.06 bits per heavy atom. The molecular formula is C14H20N2O. The molecule has 92 valence electrons. The number of benzene rings is 1. The van der Waals surface area contributed by atoms with E-state index in [0.29, 0.717) is 6.42 Å². The first kappa shape index (κ1) is 12.1. The summed E-state index contributed by atoms with van der Waals surface area (Å²) in [7, 11) is 1.62. The molecule has 1 aromatic rings. The number of likely N-dealkylation sites (N-methyl/N-ethyl adjacent to an activating group) is 1. The van der Waals surface area contributed by atoms with Gasteiger partial charge in [-0.2, -0.15) is 0 Å². The lowest BCUT2D eigenvalue weighted by molar-refractivity contribution is -0.121. The molecule has 1 amide bonds. The molecule has 1 aliphatic carbocycles. The lowest BCUT2D eigenvalue weighted by Crippen LogP contribution is -2.40. The van der Waals surface area contributed by atoms with Gasteiger partial charge >= 0.3 is 0 Å². The summed E-state index contributed by atoms with van der Waals surface area (Å²) < 4.78 is 0. The number of hydrogen-bond acceptors (Lipinski definition) is 2. The first-order chi connectivity index (χ1) is 8.20. The summed E-state index contributed by atoms with van der Waals surface area (Å²) in [6, 6.07) is 6.08. The van der Waals surface area contributed by atoms with Crippen LogP contribution in [0.2, 0.25) is 0 Å². The van der Waals surface area contributed by atoms with Crippen molar-refractivity contribution in [2.75, 3.05) is 7.05 Å². The smallest absolute Gasteiger partial charge is 0.237 e. The Labute approximate surface area is 102 Å². The van der Waals surface area contributed by atoms with Gasteiger partial charge in [-0.05, 0) is 48.8 Å². The number of carbonyl (C=O) groups is 1. The fraction of sp³-hybridized carbons (Fsp3) is 0.500. The molecule has 0 spiro atoms. The van der Waals surface area contributed by atoms with Gasteiger partial charge in [-0.25, -0.2) is 0 Å². The van der Waals surface area contributed by atoms with Crippen LogP contribution in [-0.2, 0) is 24.1 Å². The SMILES string of the molecule is CNC(=O)C(N)Cc1ccc2c(c1)CCCC2. The number of hydrogen-bond donors (Lipinski definition) is 2. The Morgan fingerprint density at radius 1 is 1.35 bits per heavy atom. The highest BCUT2D eigenvalue weighted by Gasteiger charge is 2.14. The van der Waals surface area contributed by atoms with Gasteiger partial charge in [0.05, 0.1) is 6.04 Å². The number of nitrogens with one attached hydrogen (secondary N) is 1. The normalized spacial score (nSPS) is 16.1. The predicted molar refractivity (Wildman–Crippen MR) is 68.8 cm³/mol. The van der Waals surface area contributed by atoms with Crippen molar-refractivity contribution in [2.24, 2.45) is 5.73 Å². The molecule has 2 rings (SSSR count). The minimum absolute atomic E-state index is 0.0947. The fourth-order valence-corrected chi connectivity index (χ4v) is 2.45. The van der Waals surface area contributed by atoms with E-state index < -0.39 is 6.04 Å². The van der Waals surface area contributed by atoms with Crippen LogP contribution in [0.1, 0.15) is 29.5 Å². The van der Waals surface area contributed by atoms with E-state index in [1.807, 2.05) is 0 Å². The molecule has 3 heteroatoms. The van der Waals surface area contributed by atoms with Crippen LogP contribution in [-0.4, -0.2) is 19.0 Å². The van der Waals surface area contributed by atoms with Crippen molar-refractivity contribution in [3.8, 4) is 0 Å². The van der Waals surface area contributed by atoms with E-state index in [-0.39, 0.29) is 5.91 Å². The highest BCUT2D eigenvalue weighted by atomic mass is 16.2. The summed E-state index contributed by atoms with van der Waals surface area (Å²) in [5.41, 5.74) is 9.90. The third kappa shape index (κ3) is 2.86. The van der Waals surface area contributed by atoms with E-state index in [2.05, 4.69) is 23.5 Å². The van der Waals surface area contributed by atoms with E-state index >= 15 is 0 Å². The zero-order valence-electron chi connectivity index (χ0n) is 10.3. The Balaban J connectivity index is 2.09. The van der Waals surface area contributed by atoms with Gasteiger partial charge in [-0.15, -0.1) is 0 Å². The van der Waals surface area contributed by atoms with Crippen LogP contribution in [0, 0.1) is 0 Å². The molecule has 0 fully saturated rings. The topological polar surface area (TPSA) is 55.1 Å². The molecule has 0 aliphatic heterocycles. The standard InChI is InChI=1S/C14H20N2O/c1-16-14(17)13(15)9-10-6-7-11-4-2-3-5-12(11)8-10/h6-8,13H,2-5,9,15H2,1H3,(H,16,17). The molecule has 0 heterocycles. The van der Waals surface area contributed by atoms with Crippen LogP contribution in [0.5, 0.6) is 0 Å². The molecule has 17 heavy (non-hydrogen) atoms. The van der Waals surface area contributed by atoms with Gasteiger partial charge < -0.3 is 11.1 Å². The maximum Gasteiger partial charge on any atom is 0.237 e. The Hall–Kier alpha value is -1.35. The average Bonchev–Trinajstić information content (AvgIpc) is 2.37. The van der Waals surface area contributed by atoms with Crippen LogP contribution < -0.4 is 11.1 Å². The minimum atomic E-state index is -0.443. The van der Waals surface area contributed by atoms with Gasteiger partial charge in [0.15, 0.2) is 0 Å². The Bertz CT molecular complexity index is 415. The number of carbonyl (C=O) groups excluding carboxylic acids is 1. The van der Waals surface area contributed by atoms with Crippen LogP contribution in [0.3, 0.4) is 0 Å².